The van der Waals surface area contributed by atoms with Crippen LogP contribution in [0.3, 0.4) is 0 Å². The highest BCUT2D eigenvalue weighted by Crippen LogP contribution is 2.15. The lowest BCUT2D eigenvalue weighted by Crippen LogP contribution is -2.41. The molecule has 0 saturated carbocycles. The summed E-state index contributed by atoms with van der Waals surface area (Å²) >= 11 is 1.87. The second-order valence-electron chi connectivity index (χ2n) is 4.12. The number of thioether (sulfide) groups is 1. The van der Waals surface area contributed by atoms with Crippen LogP contribution in [0.2, 0.25) is 0 Å². The first-order chi connectivity index (χ1) is 7.22. The molecule has 0 radical (unpaired) electrons. The number of morpholine rings is 1. The van der Waals surface area contributed by atoms with Gasteiger partial charge in [0.1, 0.15) is 0 Å². The van der Waals surface area contributed by atoms with E-state index in [1.54, 1.807) is 0 Å². The molecule has 0 aliphatic carbocycles. The Balaban J connectivity index is 2.08. The molecule has 0 amide bonds. The van der Waals surface area contributed by atoms with Gasteiger partial charge >= 0.3 is 0 Å². The van der Waals surface area contributed by atoms with Gasteiger partial charge in [-0.15, -0.1) is 0 Å². The van der Waals surface area contributed by atoms with Crippen LogP contribution in [0, 0.1) is 0 Å². The molecular weight excluding hydrogens is 210 g/mol. The highest BCUT2D eigenvalue weighted by Gasteiger charge is 2.15. The maximum atomic E-state index is 9.84. The summed E-state index contributed by atoms with van der Waals surface area (Å²) < 4.78 is 5.27. The molecule has 0 aromatic rings. The number of rotatable bonds is 6. The molecule has 3 nitrogen and oxygen atoms in total. The van der Waals surface area contributed by atoms with E-state index in [0.717, 1.165) is 38.6 Å². The minimum Gasteiger partial charge on any atom is -0.391 e. The van der Waals surface area contributed by atoms with E-state index in [0.29, 0.717) is 5.25 Å². The first-order valence-electron chi connectivity index (χ1n) is 5.82. The second-order valence-corrected chi connectivity index (χ2v) is 5.59. The van der Waals surface area contributed by atoms with Gasteiger partial charge < -0.3 is 9.84 Å². The number of aliphatic hydroxyl groups excluding tert-OH is 1. The molecule has 1 saturated heterocycles. The van der Waals surface area contributed by atoms with Crippen molar-refractivity contribution in [2.45, 2.75) is 31.6 Å². The Kier molecular flexibility index (Phi) is 6.64. The van der Waals surface area contributed by atoms with Crippen LogP contribution in [-0.2, 0) is 4.74 Å². The molecule has 4 heteroatoms. The summed E-state index contributed by atoms with van der Waals surface area (Å²) in [5, 5.41) is 10.5. The molecule has 15 heavy (non-hydrogen) atoms. The SMILES string of the molecule is CCC(C)SCC(O)CN1CCOCC1. The van der Waals surface area contributed by atoms with Crippen molar-refractivity contribution in [1.29, 1.82) is 0 Å². The van der Waals surface area contributed by atoms with Crippen LogP contribution in [0.5, 0.6) is 0 Å². The van der Waals surface area contributed by atoms with E-state index in [1.807, 2.05) is 11.8 Å². The van der Waals surface area contributed by atoms with Gasteiger partial charge in [0, 0.05) is 30.6 Å². The summed E-state index contributed by atoms with van der Waals surface area (Å²) in [5.74, 6) is 0.854. The third kappa shape index (κ3) is 5.76. The Morgan fingerprint density at radius 2 is 2.07 bits per heavy atom. The molecule has 0 aromatic carbocycles. The number of nitrogens with zero attached hydrogens (tertiary/aromatic N) is 1. The molecule has 1 heterocycles. The molecule has 1 aliphatic rings. The van der Waals surface area contributed by atoms with E-state index in [-0.39, 0.29) is 6.10 Å². The molecule has 1 aliphatic heterocycles. The normalized spacial score (nSPS) is 22.6. The molecule has 2 atom stereocenters. The first kappa shape index (κ1) is 13.3. The fourth-order valence-corrected chi connectivity index (χ4v) is 2.42. The van der Waals surface area contributed by atoms with Crippen molar-refractivity contribution in [3.8, 4) is 0 Å². The van der Waals surface area contributed by atoms with Crippen LogP contribution >= 0.6 is 11.8 Å². The predicted octanol–water partition coefficient (Wildman–Crippen LogP) is 1.21. The van der Waals surface area contributed by atoms with E-state index >= 15 is 0 Å². The summed E-state index contributed by atoms with van der Waals surface area (Å²) in [6.45, 7) is 8.75. The molecule has 1 fully saturated rings. The summed E-state index contributed by atoms with van der Waals surface area (Å²) in [4.78, 5) is 2.28. The number of aliphatic hydroxyl groups is 1. The number of β-amino-alcohol motifs (C(OH)–C–C–N with tert-alkyl or cyclic N) is 1. The molecule has 2 unspecified atom stereocenters. The quantitative estimate of drug-likeness (QED) is 0.747. The smallest absolute Gasteiger partial charge is 0.0757 e. The van der Waals surface area contributed by atoms with Gasteiger partial charge in [-0.1, -0.05) is 13.8 Å². The minimum atomic E-state index is -0.193. The van der Waals surface area contributed by atoms with Gasteiger partial charge in [0.05, 0.1) is 19.3 Å². The third-order valence-corrected chi connectivity index (χ3v) is 4.20. The average Bonchev–Trinajstić information content (AvgIpc) is 2.27. The van der Waals surface area contributed by atoms with Crippen molar-refractivity contribution in [3.05, 3.63) is 0 Å². The number of hydrogen-bond acceptors (Lipinski definition) is 4. The van der Waals surface area contributed by atoms with Gasteiger partial charge in [-0.2, -0.15) is 11.8 Å². The van der Waals surface area contributed by atoms with Gasteiger partial charge in [0.25, 0.3) is 0 Å². The number of ether oxygens (including phenoxy) is 1. The van der Waals surface area contributed by atoms with Crippen LogP contribution in [0.25, 0.3) is 0 Å². The van der Waals surface area contributed by atoms with Crippen LogP contribution in [0.15, 0.2) is 0 Å². The van der Waals surface area contributed by atoms with E-state index in [4.69, 9.17) is 4.74 Å². The van der Waals surface area contributed by atoms with Gasteiger partial charge in [-0.3, -0.25) is 4.90 Å². The molecular formula is C11H23NO2S. The average molecular weight is 233 g/mol. The monoisotopic (exact) mass is 233 g/mol. The van der Waals surface area contributed by atoms with Gasteiger partial charge in [-0.05, 0) is 6.42 Å². The fraction of sp³-hybridized carbons (Fsp3) is 1.00. The van der Waals surface area contributed by atoms with Crippen LogP contribution in [-0.4, -0.2) is 60.0 Å². The largest absolute Gasteiger partial charge is 0.391 e. The van der Waals surface area contributed by atoms with E-state index in [9.17, 15) is 5.11 Å². The zero-order valence-electron chi connectivity index (χ0n) is 9.82. The lowest BCUT2D eigenvalue weighted by molar-refractivity contribution is 0.0188. The summed E-state index contributed by atoms with van der Waals surface area (Å²) in [5.41, 5.74) is 0. The molecule has 90 valence electrons. The lowest BCUT2D eigenvalue weighted by Gasteiger charge is -2.28. The van der Waals surface area contributed by atoms with E-state index in [2.05, 4.69) is 18.7 Å². The third-order valence-electron chi connectivity index (χ3n) is 2.72. The molecule has 0 aromatic heterocycles. The van der Waals surface area contributed by atoms with Crippen molar-refractivity contribution in [2.24, 2.45) is 0 Å². The number of hydrogen-bond donors (Lipinski definition) is 1. The van der Waals surface area contributed by atoms with Gasteiger partial charge in [-0.25, -0.2) is 0 Å². The standard InChI is InChI=1S/C11H23NO2S/c1-3-10(2)15-9-11(13)8-12-4-6-14-7-5-12/h10-11,13H,3-9H2,1-2H3. The van der Waals surface area contributed by atoms with Crippen molar-refractivity contribution >= 4 is 11.8 Å². The van der Waals surface area contributed by atoms with E-state index in [1.165, 1.54) is 6.42 Å². The van der Waals surface area contributed by atoms with Crippen molar-refractivity contribution in [2.75, 3.05) is 38.6 Å². The van der Waals surface area contributed by atoms with Crippen molar-refractivity contribution in [3.63, 3.8) is 0 Å². The summed E-state index contributed by atoms with van der Waals surface area (Å²) in [7, 11) is 0. The zero-order chi connectivity index (χ0) is 11.1. The molecule has 0 bridgehead atoms. The molecule has 1 N–H and O–H groups in total. The molecule has 1 rings (SSSR count). The highest BCUT2D eigenvalue weighted by atomic mass is 32.2. The Morgan fingerprint density at radius 3 is 2.67 bits per heavy atom. The lowest BCUT2D eigenvalue weighted by atomic mass is 10.3. The van der Waals surface area contributed by atoms with E-state index < -0.39 is 0 Å². The molecule has 0 spiro atoms. The summed E-state index contributed by atoms with van der Waals surface area (Å²) in [6.07, 6.45) is 0.983. The predicted molar refractivity (Wildman–Crippen MR) is 65.5 cm³/mol. The highest BCUT2D eigenvalue weighted by molar-refractivity contribution is 7.99. The van der Waals surface area contributed by atoms with Crippen LogP contribution in [0.1, 0.15) is 20.3 Å². The second kappa shape index (κ2) is 7.49. The van der Waals surface area contributed by atoms with Crippen LogP contribution < -0.4 is 0 Å². The fourth-order valence-electron chi connectivity index (χ4n) is 1.53. The zero-order valence-corrected chi connectivity index (χ0v) is 10.6. The summed E-state index contributed by atoms with van der Waals surface area (Å²) in [6, 6.07) is 0. The first-order valence-corrected chi connectivity index (χ1v) is 6.87. The van der Waals surface area contributed by atoms with Crippen molar-refractivity contribution < 1.29 is 9.84 Å². The van der Waals surface area contributed by atoms with Crippen molar-refractivity contribution in [1.82, 2.24) is 4.90 Å². The Bertz CT molecular complexity index is 163. The topological polar surface area (TPSA) is 32.7 Å². The maximum Gasteiger partial charge on any atom is 0.0757 e. The maximum absolute atomic E-state index is 9.84. The Hall–Kier alpha value is 0.230. The Labute approximate surface area is 97.2 Å². The van der Waals surface area contributed by atoms with Gasteiger partial charge in [0.2, 0.25) is 0 Å². The Morgan fingerprint density at radius 1 is 1.40 bits per heavy atom. The minimum absolute atomic E-state index is 0.193. The van der Waals surface area contributed by atoms with Gasteiger partial charge in [0.15, 0.2) is 0 Å². The van der Waals surface area contributed by atoms with Crippen LogP contribution in [0.4, 0.5) is 0 Å².